The fourth-order valence-corrected chi connectivity index (χ4v) is 3.84. The van der Waals surface area contributed by atoms with Gasteiger partial charge in [-0.1, -0.05) is 110 Å². The van der Waals surface area contributed by atoms with Gasteiger partial charge in [0.2, 0.25) is 0 Å². The molecule has 1 unspecified atom stereocenters. The second-order valence-electron chi connectivity index (χ2n) is 8.88. The summed E-state index contributed by atoms with van der Waals surface area (Å²) < 4.78 is 0. The van der Waals surface area contributed by atoms with Crippen LogP contribution in [-0.2, 0) is 0 Å². The molecule has 0 aliphatic carbocycles. The molecule has 0 saturated heterocycles. The van der Waals surface area contributed by atoms with Crippen molar-refractivity contribution in [3.8, 4) is 0 Å². The van der Waals surface area contributed by atoms with Crippen LogP contribution >= 0.6 is 0 Å². The van der Waals surface area contributed by atoms with Crippen LogP contribution in [-0.4, -0.2) is 67.8 Å². The maximum atomic E-state index is 9.94. The van der Waals surface area contributed by atoms with E-state index in [-0.39, 0.29) is 0 Å². The zero-order valence-corrected chi connectivity index (χ0v) is 19.3. The first-order valence-electron chi connectivity index (χ1n) is 12.5. The molecule has 6 N–H and O–H groups in total. The molecule has 0 aromatic carbocycles. The van der Waals surface area contributed by atoms with Crippen molar-refractivity contribution < 1.29 is 30.6 Å². The Kier molecular flexibility index (Phi) is 20.5. The molecular formula is C24H50O6. The van der Waals surface area contributed by atoms with Gasteiger partial charge in [0, 0.05) is 0 Å². The number of unbranched alkanes of at least 4 members (excludes halogenated alkanes) is 15. The van der Waals surface area contributed by atoms with Gasteiger partial charge in [-0.25, -0.2) is 0 Å². The van der Waals surface area contributed by atoms with E-state index in [4.69, 9.17) is 5.11 Å². The van der Waals surface area contributed by atoms with Crippen LogP contribution in [0.4, 0.5) is 0 Å². The van der Waals surface area contributed by atoms with Crippen molar-refractivity contribution >= 4 is 0 Å². The van der Waals surface area contributed by atoms with Crippen molar-refractivity contribution in [2.45, 2.75) is 147 Å². The third kappa shape index (κ3) is 15.5. The number of hydrogen-bond acceptors (Lipinski definition) is 6. The van der Waals surface area contributed by atoms with Crippen molar-refractivity contribution in [2.75, 3.05) is 6.61 Å². The molecule has 0 aliphatic rings. The zero-order chi connectivity index (χ0) is 22.6. The molecule has 30 heavy (non-hydrogen) atoms. The molecule has 0 saturated carbocycles. The Labute approximate surface area is 184 Å². The third-order valence-electron chi connectivity index (χ3n) is 6.03. The van der Waals surface area contributed by atoms with Gasteiger partial charge in [-0.3, -0.25) is 0 Å². The van der Waals surface area contributed by atoms with E-state index in [1.54, 1.807) is 0 Å². The summed E-state index contributed by atoms with van der Waals surface area (Å²) >= 11 is 0. The van der Waals surface area contributed by atoms with E-state index in [9.17, 15) is 25.5 Å². The van der Waals surface area contributed by atoms with Crippen LogP contribution in [0.25, 0.3) is 0 Å². The molecule has 6 nitrogen and oxygen atoms in total. The van der Waals surface area contributed by atoms with Gasteiger partial charge in [0.05, 0.1) is 12.7 Å². The van der Waals surface area contributed by atoms with Gasteiger partial charge in [-0.15, -0.1) is 0 Å². The summed E-state index contributed by atoms with van der Waals surface area (Å²) in [4.78, 5) is 0. The third-order valence-corrected chi connectivity index (χ3v) is 6.03. The van der Waals surface area contributed by atoms with Gasteiger partial charge >= 0.3 is 0 Å². The SMILES string of the molecule is CCCCCCCCCCCCCCCCCCC(O)[C@H](O)[C@@H](O)[C@H](O)[C@H](O)CO. The summed E-state index contributed by atoms with van der Waals surface area (Å²) in [6.45, 7) is 1.53. The predicted octanol–water partition coefficient (Wildman–Crippen LogP) is 3.43. The van der Waals surface area contributed by atoms with E-state index in [0.717, 1.165) is 19.3 Å². The van der Waals surface area contributed by atoms with E-state index in [1.165, 1.54) is 83.5 Å². The van der Waals surface area contributed by atoms with E-state index in [1.807, 2.05) is 0 Å². The molecule has 0 radical (unpaired) electrons. The highest BCUT2D eigenvalue weighted by atomic mass is 16.4. The predicted molar refractivity (Wildman–Crippen MR) is 121 cm³/mol. The minimum absolute atomic E-state index is 0.332. The van der Waals surface area contributed by atoms with E-state index >= 15 is 0 Å². The summed E-state index contributed by atoms with van der Waals surface area (Å²) in [5, 5.41) is 57.2. The van der Waals surface area contributed by atoms with Crippen molar-refractivity contribution in [1.82, 2.24) is 0 Å². The monoisotopic (exact) mass is 434 g/mol. The topological polar surface area (TPSA) is 121 Å². The van der Waals surface area contributed by atoms with Gasteiger partial charge < -0.3 is 30.6 Å². The smallest absolute Gasteiger partial charge is 0.111 e. The van der Waals surface area contributed by atoms with Crippen LogP contribution in [0.1, 0.15) is 116 Å². The summed E-state index contributed by atoms with van der Waals surface area (Å²) in [6.07, 6.45) is 12.9. The van der Waals surface area contributed by atoms with Crippen LogP contribution in [0.3, 0.4) is 0 Å². The van der Waals surface area contributed by atoms with Gasteiger partial charge in [-0.05, 0) is 6.42 Å². The Morgan fingerprint density at radius 2 is 0.767 bits per heavy atom. The first-order valence-corrected chi connectivity index (χ1v) is 12.5. The highest BCUT2D eigenvalue weighted by molar-refractivity contribution is 4.84. The van der Waals surface area contributed by atoms with E-state index in [2.05, 4.69) is 6.92 Å². The Hall–Kier alpha value is -0.240. The number of hydrogen-bond donors (Lipinski definition) is 6. The van der Waals surface area contributed by atoms with Crippen molar-refractivity contribution in [2.24, 2.45) is 0 Å². The molecule has 5 atom stereocenters. The fraction of sp³-hybridized carbons (Fsp3) is 1.00. The number of rotatable bonds is 22. The average Bonchev–Trinajstić information content (AvgIpc) is 2.76. The van der Waals surface area contributed by atoms with E-state index < -0.39 is 37.1 Å². The van der Waals surface area contributed by atoms with Gasteiger partial charge in [0.15, 0.2) is 0 Å². The molecule has 0 heterocycles. The van der Waals surface area contributed by atoms with Crippen LogP contribution in [0.5, 0.6) is 0 Å². The fourth-order valence-electron chi connectivity index (χ4n) is 3.84. The minimum atomic E-state index is -1.69. The highest BCUT2D eigenvalue weighted by Gasteiger charge is 2.33. The normalized spacial score (nSPS) is 16.9. The number of aliphatic hydroxyl groups is 6. The van der Waals surface area contributed by atoms with E-state index in [0.29, 0.717) is 6.42 Å². The summed E-state index contributed by atoms with van der Waals surface area (Å²) in [5.41, 5.74) is 0. The Morgan fingerprint density at radius 3 is 1.13 bits per heavy atom. The lowest BCUT2D eigenvalue weighted by Gasteiger charge is -2.28. The lowest BCUT2D eigenvalue weighted by molar-refractivity contribution is -0.141. The van der Waals surface area contributed by atoms with Crippen LogP contribution in [0, 0.1) is 0 Å². The largest absolute Gasteiger partial charge is 0.394 e. The molecule has 6 heteroatoms. The van der Waals surface area contributed by atoms with Crippen molar-refractivity contribution in [3.63, 3.8) is 0 Å². The lowest BCUT2D eigenvalue weighted by Crippen LogP contribution is -2.49. The van der Waals surface area contributed by atoms with Crippen molar-refractivity contribution in [1.29, 1.82) is 0 Å². The molecule has 0 aliphatic heterocycles. The second kappa shape index (κ2) is 20.7. The Balaban J connectivity index is 3.46. The average molecular weight is 435 g/mol. The van der Waals surface area contributed by atoms with Gasteiger partial charge in [0.1, 0.15) is 24.4 Å². The highest BCUT2D eigenvalue weighted by Crippen LogP contribution is 2.16. The molecule has 0 spiro atoms. The summed E-state index contributed by atoms with van der Waals surface area (Å²) in [6, 6.07) is 0. The standard InChI is InChI=1S/C24H50O6/c1-2-3-4-5-6-7-8-9-10-11-12-13-14-15-16-17-18-20(26)22(28)24(30)23(29)21(27)19-25/h20-30H,2-19H2,1H3/t20?,21-,22+,23-,24-/m1/s1. The molecule has 0 bridgehead atoms. The zero-order valence-electron chi connectivity index (χ0n) is 19.3. The molecule has 0 aromatic heterocycles. The molecule has 0 fully saturated rings. The molecular weight excluding hydrogens is 384 g/mol. The second-order valence-corrected chi connectivity index (χ2v) is 8.88. The molecule has 0 aromatic rings. The van der Waals surface area contributed by atoms with Crippen LogP contribution in [0.2, 0.25) is 0 Å². The van der Waals surface area contributed by atoms with Crippen LogP contribution in [0.15, 0.2) is 0 Å². The van der Waals surface area contributed by atoms with Crippen LogP contribution < -0.4 is 0 Å². The maximum Gasteiger partial charge on any atom is 0.111 e. The molecule has 0 amide bonds. The molecule has 182 valence electrons. The lowest BCUT2D eigenvalue weighted by atomic mass is 9.96. The summed E-state index contributed by atoms with van der Waals surface area (Å²) in [7, 11) is 0. The minimum Gasteiger partial charge on any atom is -0.394 e. The summed E-state index contributed by atoms with van der Waals surface area (Å²) in [5.74, 6) is 0. The molecule has 0 rings (SSSR count). The first-order chi connectivity index (χ1) is 14.5. The van der Waals surface area contributed by atoms with Crippen molar-refractivity contribution in [3.05, 3.63) is 0 Å². The number of aliphatic hydroxyl groups excluding tert-OH is 6. The Bertz CT molecular complexity index is 355. The van der Waals surface area contributed by atoms with Gasteiger partial charge in [-0.2, -0.15) is 0 Å². The first kappa shape index (κ1) is 29.8. The Morgan fingerprint density at radius 1 is 0.433 bits per heavy atom. The maximum absolute atomic E-state index is 9.94. The van der Waals surface area contributed by atoms with Gasteiger partial charge in [0.25, 0.3) is 0 Å². The quantitative estimate of drug-likeness (QED) is 0.145.